The molecule has 0 aliphatic carbocycles. The zero-order valence-electron chi connectivity index (χ0n) is 10.5. The molecule has 2 heterocycles. The lowest BCUT2D eigenvalue weighted by atomic mass is 10.1. The average molecular weight is 266 g/mol. The van der Waals surface area contributed by atoms with Crippen molar-refractivity contribution in [3.8, 4) is 0 Å². The van der Waals surface area contributed by atoms with E-state index in [4.69, 9.17) is 4.74 Å². The highest BCUT2D eigenvalue weighted by Crippen LogP contribution is 2.21. The van der Waals surface area contributed by atoms with E-state index in [1.807, 2.05) is 0 Å². The van der Waals surface area contributed by atoms with Crippen molar-refractivity contribution in [2.24, 2.45) is 0 Å². The number of hydrogen-bond donors (Lipinski definition) is 2. The van der Waals surface area contributed by atoms with Crippen LogP contribution in [0.15, 0.2) is 27.9 Å². The fourth-order valence-electron chi connectivity index (χ4n) is 1.80. The van der Waals surface area contributed by atoms with Gasteiger partial charge in [-0.25, -0.2) is 4.79 Å². The normalized spacial score (nSPS) is 23.5. The molecule has 1 aliphatic rings. The van der Waals surface area contributed by atoms with Crippen molar-refractivity contribution < 1.29 is 14.6 Å². The number of ether oxygens (including phenoxy) is 1. The minimum Gasteiger partial charge on any atom is -0.382 e. The van der Waals surface area contributed by atoms with Crippen molar-refractivity contribution >= 4 is 5.78 Å². The Balaban J connectivity index is 2.26. The van der Waals surface area contributed by atoms with Crippen LogP contribution in [-0.4, -0.2) is 32.6 Å². The van der Waals surface area contributed by atoms with E-state index in [2.05, 4.69) is 4.98 Å². The molecule has 19 heavy (non-hydrogen) atoms. The quantitative estimate of drug-likeness (QED) is 0.701. The summed E-state index contributed by atoms with van der Waals surface area (Å²) in [6.07, 6.45) is 1.64. The van der Waals surface area contributed by atoms with Crippen LogP contribution in [0.4, 0.5) is 0 Å². The Morgan fingerprint density at radius 1 is 1.47 bits per heavy atom. The summed E-state index contributed by atoms with van der Waals surface area (Å²) < 4.78 is 6.60. The van der Waals surface area contributed by atoms with Crippen LogP contribution in [0.3, 0.4) is 0 Å². The highest BCUT2D eigenvalue weighted by molar-refractivity contribution is 5.81. The van der Waals surface area contributed by atoms with Gasteiger partial charge in [-0.1, -0.05) is 6.08 Å². The fourth-order valence-corrected chi connectivity index (χ4v) is 1.80. The van der Waals surface area contributed by atoms with Crippen LogP contribution >= 0.6 is 0 Å². The molecule has 1 aromatic rings. The predicted octanol–water partition coefficient (Wildman–Crippen LogP) is -0.751. The van der Waals surface area contributed by atoms with Crippen molar-refractivity contribution in [3.05, 3.63) is 44.8 Å². The summed E-state index contributed by atoms with van der Waals surface area (Å²) in [5.41, 5.74) is -0.695. The van der Waals surface area contributed by atoms with Gasteiger partial charge in [-0.05, 0) is 19.9 Å². The second kappa shape index (κ2) is 4.94. The molecular formula is C12H14N2O5. The number of carbonyl (C=O) groups excluding carboxylic acids is 1. The first-order chi connectivity index (χ1) is 8.90. The van der Waals surface area contributed by atoms with Gasteiger partial charge in [-0.2, -0.15) is 0 Å². The molecule has 0 bridgehead atoms. The van der Waals surface area contributed by atoms with Crippen molar-refractivity contribution in [3.63, 3.8) is 0 Å². The van der Waals surface area contributed by atoms with E-state index in [1.165, 1.54) is 23.8 Å². The van der Waals surface area contributed by atoms with Gasteiger partial charge in [0.05, 0.1) is 0 Å². The average Bonchev–Trinajstić information content (AvgIpc) is 2.81. The van der Waals surface area contributed by atoms with E-state index < -0.39 is 35.5 Å². The second-order valence-electron chi connectivity index (χ2n) is 4.41. The largest absolute Gasteiger partial charge is 0.382 e. The van der Waals surface area contributed by atoms with Crippen molar-refractivity contribution in [1.82, 2.24) is 9.55 Å². The Labute approximate surface area is 108 Å². The highest BCUT2D eigenvalue weighted by atomic mass is 16.5. The Kier molecular flexibility index (Phi) is 3.50. The number of aromatic amines is 1. The maximum absolute atomic E-state index is 11.7. The molecule has 1 unspecified atom stereocenters. The fraction of sp³-hybridized carbons (Fsp3) is 0.417. The van der Waals surface area contributed by atoms with E-state index in [0.717, 1.165) is 0 Å². The zero-order valence-corrected chi connectivity index (χ0v) is 10.5. The van der Waals surface area contributed by atoms with Gasteiger partial charge < -0.3 is 9.84 Å². The number of aromatic nitrogens is 2. The molecule has 0 saturated heterocycles. The van der Waals surface area contributed by atoms with Crippen LogP contribution < -0.4 is 11.2 Å². The molecule has 0 saturated carbocycles. The Morgan fingerprint density at radius 2 is 2.16 bits per heavy atom. The molecule has 1 aliphatic heterocycles. The minimum absolute atomic E-state index is 0.368. The van der Waals surface area contributed by atoms with Gasteiger partial charge in [0.2, 0.25) is 0 Å². The number of H-pyrrole nitrogens is 1. The first-order valence-corrected chi connectivity index (χ1v) is 5.74. The molecule has 2 rings (SSSR count). The van der Waals surface area contributed by atoms with Crippen LogP contribution in [-0.2, 0) is 9.53 Å². The lowest BCUT2D eigenvalue weighted by Gasteiger charge is -2.18. The minimum atomic E-state index is -1.26. The maximum Gasteiger partial charge on any atom is 0.330 e. The molecular weight excluding hydrogens is 252 g/mol. The first kappa shape index (κ1) is 13.4. The zero-order chi connectivity index (χ0) is 14.2. The molecule has 0 fully saturated rings. The van der Waals surface area contributed by atoms with Crippen molar-refractivity contribution in [2.45, 2.75) is 32.3 Å². The van der Waals surface area contributed by atoms with Crippen LogP contribution in [0.1, 0.15) is 18.7 Å². The summed E-state index contributed by atoms with van der Waals surface area (Å²) in [7, 11) is 0. The van der Waals surface area contributed by atoms with Gasteiger partial charge >= 0.3 is 5.69 Å². The highest BCUT2D eigenvalue weighted by Gasteiger charge is 2.29. The number of nitrogens with one attached hydrogen (secondary N) is 1. The Bertz CT molecular complexity index is 642. The summed E-state index contributed by atoms with van der Waals surface area (Å²) in [5.74, 6) is -0.416. The van der Waals surface area contributed by atoms with Crippen LogP contribution in [0.25, 0.3) is 0 Å². The smallest absolute Gasteiger partial charge is 0.330 e. The van der Waals surface area contributed by atoms with Gasteiger partial charge in [0.25, 0.3) is 5.56 Å². The topological polar surface area (TPSA) is 101 Å². The van der Waals surface area contributed by atoms with Gasteiger partial charge in [0.1, 0.15) is 12.2 Å². The third-order valence-electron chi connectivity index (χ3n) is 2.91. The number of aliphatic hydroxyl groups excluding tert-OH is 1. The predicted molar refractivity (Wildman–Crippen MR) is 65.8 cm³/mol. The van der Waals surface area contributed by atoms with E-state index >= 15 is 0 Å². The van der Waals surface area contributed by atoms with Crippen molar-refractivity contribution in [1.29, 1.82) is 0 Å². The van der Waals surface area contributed by atoms with Gasteiger partial charge in [-0.15, -0.1) is 0 Å². The lowest BCUT2D eigenvalue weighted by Crippen LogP contribution is -2.36. The molecule has 0 amide bonds. The molecule has 0 aromatic carbocycles. The summed E-state index contributed by atoms with van der Waals surface area (Å²) in [6.45, 7) is 2.82. The van der Waals surface area contributed by atoms with Crippen LogP contribution in [0.5, 0.6) is 0 Å². The summed E-state index contributed by atoms with van der Waals surface area (Å²) in [5, 5.41) is 9.59. The third-order valence-corrected chi connectivity index (χ3v) is 2.91. The van der Waals surface area contributed by atoms with Gasteiger partial charge in [-0.3, -0.25) is 19.1 Å². The number of Topliss-reactive ketones (excluding diaryl/α,β-unsaturated/α-hetero) is 1. The number of carbonyl (C=O) groups is 1. The SMILES string of the molecule is CC(=O)C(O)[C@@H]1C=C[C@H](n2cc(C)c(=O)[nH]c2=O)O1. The summed E-state index contributed by atoms with van der Waals surface area (Å²) in [6, 6.07) is 0. The lowest BCUT2D eigenvalue weighted by molar-refractivity contribution is -0.133. The Morgan fingerprint density at radius 3 is 2.79 bits per heavy atom. The number of rotatable bonds is 3. The van der Waals surface area contributed by atoms with Crippen LogP contribution in [0, 0.1) is 6.92 Å². The van der Waals surface area contributed by atoms with Crippen LogP contribution in [0.2, 0.25) is 0 Å². The van der Waals surface area contributed by atoms with Crippen molar-refractivity contribution in [2.75, 3.05) is 0 Å². The maximum atomic E-state index is 11.7. The van der Waals surface area contributed by atoms with E-state index in [-0.39, 0.29) is 0 Å². The summed E-state index contributed by atoms with van der Waals surface area (Å²) >= 11 is 0. The molecule has 7 nitrogen and oxygen atoms in total. The van der Waals surface area contributed by atoms with E-state index in [9.17, 15) is 19.5 Å². The summed E-state index contributed by atoms with van der Waals surface area (Å²) in [4.78, 5) is 36.1. The number of aryl methyl sites for hydroxylation is 1. The first-order valence-electron chi connectivity index (χ1n) is 5.74. The Hall–Kier alpha value is -1.99. The number of aliphatic hydroxyl groups is 1. The molecule has 0 spiro atoms. The van der Waals surface area contributed by atoms with Gasteiger partial charge in [0.15, 0.2) is 12.0 Å². The molecule has 0 radical (unpaired) electrons. The molecule has 7 heteroatoms. The van der Waals surface area contributed by atoms with Gasteiger partial charge in [0, 0.05) is 11.8 Å². The molecule has 1 aromatic heterocycles. The molecule has 2 N–H and O–H groups in total. The van der Waals surface area contributed by atoms with E-state index in [1.54, 1.807) is 13.0 Å². The third kappa shape index (κ3) is 2.56. The van der Waals surface area contributed by atoms with E-state index in [0.29, 0.717) is 5.56 Å². The molecule has 102 valence electrons. The monoisotopic (exact) mass is 266 g/mol. The second-order valence-corrected chi connectivity index (χ2v) is 4.41. The number of ketones is 1. The standard InChI is InChI=1S/C12H14N2O5/c1-6-5-14(12(18)13-11(6)17)9-4-3-8(19-9)10(16)7(2)15/h3-5,8-10,16H,1-2H3,(H,13,17,18)/t8-,9+,10?/m0/s1. The number of nitrogens with zero attached hydrogens (tertiary/aromatic N) is 1. The molecule has 3 atom stereocenters. The number of hydrogen-bond acceptors (Lipinski definition) is 5.